The summed E-state index contributed by atoms with van der Waals surface area (Å²) in [6.45, 7) is 3.65. The van der Waals surface area contributed by atoms with Crippen LogP contribution in [-0.2, 0) is 4.74 Å². The monoisotopic (exact) mass is 362 g/mol. The van der Waals surface area contributed by atoms with Crippen molar-refractivity contribution in [3.8, 4) is 5.75 Å². The van der Waals surface area contributed by atoms with Gasteiger partial charge in [0.05, 0.1) is 24.4 Å². The molecular weight excluding hydrogens is 339 g/mol. The Morgan fingerprint density at radius 2 is 2.04 bits per heavy atom. The SMILES string of the molecule is COc1cc(N)c(Cl)cc1C(=O)OCCCN1CCCCC1.[Cl-].[H+]. The molecule has 2 N–H and O–H groups in total. The average molecular weight is 363 g/mol. The first-order valence-corrected chi connectivity index (χ1v) is 8.02. The summed E-state index contributed by atoms with van der Waals surface area (Å²) >= 11 is 5.95. The van der Waals surface area contributed by atoms with E-state index in [4.69, 9.17) is 26.8 Å². The predicted molar refractivity (Wildman–Crippen MR) is 88.7 cm³/mol. The molecule has 1 heterocycles. The van der Waals surface area contributed by atoms with Crippen molar-refractivity contribution in [1.82, 2.24) is 4.90 Å². The molecule has 5 nitrogen and oxygen atoms in total. The molecule has 1 aliphatic heterocycles. The molecule has 0 bridgehead atoms. The van der Waals surface area contributed by atoms with Crippen molar-refractivity contribution in [1.29, 1.82) is 0 Å². The van der Waals surface area contributed by atoms with Gasteiger partial charge in [0.2, 0.25) is 0 Å². The molecule has 1 aromatic carbocycles. The number of ether oxygens (including phenoxy) is 2. The second-order valence-corrected chi connectivity index (χ2v) is 5.87. The second kappa shape index (κ2) is 9.85. The lowest BCUT2D eigenvalue weighted by molar-refractivity contribution is -0.0000242. The van der Waals surface area contributed by atoms with Crippen molar-refractivity contribution < 1.29 is 28.1 Å². The van der Waals surface area contributed by atoms with E-state index in [1.165, 1.54) is 38.5 Å². The van der Waals surface area contributed by atoms with Crippen molar-refractivity contribution in [2.45, 2.75) is 25.7 Å². The molecule has 0 spiro atoms. The predicted octanol–water partition coefficient (Wildman–Crippen LogP) is 0.0801. The maximum absolute atomic E-state index is 12.1. The van der Waals surface area contributed by atoms with Crippen LogP contribution in [-0.4, -0.2) is 44.2 Å². The van der Waals surface area contributed by atoms with E-state index in [0.29, 0.717) is 28.6 Å². The van der Waals surface area contributed by atoms with Gasteiger partial charge in [-0.3, -0.25) is 0 Å². The second-order valence-electron chi connectivity index (χ2n) is 5.47. The van der Waals surface area contributed by atoms with Gasteiger partial charge in [0, 0.05) is 12.6 Å². The standard InChI is InChI=1S/C16H23ClN2O3.ClH/c1-21-15-11-14(18)13(17)10-12(15)16(20)22-9-5-8-19-6-3-2-4-7-19;/h10-11H,2-9,18H2,1H3;1H. The molecule has 7 heteroatoms. The van der Waals surface area contributed by atoms with Crippen molar-refractivity contribution >= 4 is 23.3 Å². The highest BCUT2D eigenvalue weighted by Gasteiger charge is 2.16. The van der Waals surface area contributed by atoms with Crippen molar-refractivity contribution in [3.63, 3.8) is 0 Å². The van der Waals surface area contributed by atoms with E-state index in [2.05, 4.69) is 4.90 Å². The van der Waals surface area contributed by atoms with Gasteiger partial charge >= 0.3 is 7.40 Å². The van der Waals surface area contributed by atoms with Crippen LogP contribution in [0.15, 0.2) is 12.1 Å². The third-order valence-corrected chi connectivity index (χ3v) is 4.17. The number of benzene rings is 1. The van der Waals surface area contributed by atoms with Gasteiger partial charge in [-0.2, -0.15) is 0 Å². The van der Waals surface area contributed by atoms with Crippen LogP contribution in [0, 0.1) is 0 Å². The highest BCUT2D eigenvalue weighted by molar-refractivity contribution is 6.33. The smallest absolute Gasteiger partial charge is 1.00 e. The van der Waals surface area contributed by atoms with Gasteiger partial charge in [-0.05, 0) is 38.4 Å². The Bertz CT molecular complexity index is 526. The fraction of sp³-hybridized carbons (Fsp3) is 0.562. The molecule has 1 aromatic rings. The maximum atomic E-state index is 12.1. The van der Waals surface area contributed by atoms with Crippen LogP contribution in [0.25, 0.3) is 0 Å². The number of methoxy groups -OCH3 is 1. The Kier molecular flexibility index (Phi) is 8.52. The number of rotatable bonds is 6. The summed E-state index contributed by atoms with van der Waals surface area (Å²) in [5, 5.41) is 0.320. The topological polar surface area (TPSA) is 64.8 Å². The largest absolute Gasteiger partial charge is 1.00 e. The molecule has 0 amide bonds. The molecule has 1 fully saturated rings. The number of likely N-dealkylation sites (tertiary alicyclic amines) is 1. The number of hydrogen-bond acceptors (Lipinski definition) is 5. The number of carbonyl (C=O) groups excluding carboxylic acids is 1. The lowest BCUT2D eigenvalue weighted by Gasteiger charge is -2.26. The molecule has 0 atom stereocenters. The minimum Gasteiger partial charge on any atom is -1.00 e. The quantitative estimate of drug-likeness (QED) is 0.441. The van der Waals surface area contributed by atoms with E-state index in [1.807, 2.05) is 0 Å². The fourth-order valence-electron chi connectivity index (χ4n) is 2.61. The van der Waals surface area contributed by atoms with Gasteiger partial charge in [0.15, 0.2) is 0 Å². The minimum atomic E-state index is -0.433. The molecule has 1 saturated heterocycles. The van der Waals surface area contributed by atoms with E-state index < -0.39 is 5.97 Å². The van der Waals surface area contributed by atoms with Gasteiger partial charge in [0.25, 0.3) is 0 Å². The third kappa shape index (κ3) is 5.75. The van der Waals surface area contributed by atoms with Gasteiger partial charge < -0.3 is 32.5 Å². The Morgan fingerprint density at radius 3 is 2.70 bits per heavy atom. The number of nitrogen functional groups attached to an aromatic ring is 1. The lowest BCUT2D eigenvalue weighted by atomic mass is 10.1. The first-order chi connectivity index (χ1) is 10.6. The zero-order valence-corrected chi connectivity index (χ0v) is 14.8. The number of carbonyl (C=O) groups is 1. The molecule has 0 aromatic heterocycles. The van der Waals surface area contributed by atoms with Crippen molar-refractivity contribution in [2.75, 3.05) is 39.1 Å². The highest BCUT2D eigenvalue weighted by atomic mass is 35.5. The molecule has 23 heavy (non-hydrogen) atoms. The molecule has 0 saturated carbocycles. The number of nitrogens with two attached hydrogens (primary N) is 1. The summed E-state index contributed by atoms with van der Waals surface area (Å²) in [5.74, 6) is -0.0553. The fourth-order valence-corrected chi connectivity index (χ4v) is 2.77. The average Bonchev–Trinajstić information content (AvgIpc) is 2.54. The normalized spacial score (nSPS) is 14.9. The summed E-state index contributed by atoms with van der Waals surface area (Å²) in [4.78, 5) is 14.5. The summed E-state index contributed by atoms with van der Waals surface area (Å²) in [6, 6.07) is 3.02. The molecule has 0 unspecified atom stereocenters. The summed E-state index contributed by atoms with van der Waals surface area (Å²) in [7, 11) is 1.48. The molecule has 130 valence electrons. The zero-order valence-electron chi connectivity index (χ0n) is 14.3. The number of anilines is 1. The molecular formula is C16H24Cl2N2O3. The minimum absolute atomic E-state index is 0. The van der Waals surface area contributed by atoms with E-state index in [1.54, 1.807) is 0 Å². The van der Waals surface area contributed by atoms with Crippen molar-refractivity contribution in [3.05, 3.63) is 22.7 Å². The van der Waals surface area contributed by atoms with Gasteiger partial charge in [-0.1, -0.05) is 18.0 Å². The molecule has 0 aliphatic carbocycles. The van der Waals surface area contributed by atoms with E-state index in [-0.39, 0.29) is 13.8 Å². The van der Waals surface area contributed by atoms with E-state index >= 15 is 0 Å². The summed E-state index contributed by atoms with van der Waals surface area (Å²) in [6.07, 6.45) is 4.68. The Hall–Kier alpha value is -1.17. The number of nitrogens with zero attached hydrogens (tertiary/aromatic N) is 1. The van der Waals surface area contributed by atoms with Crippen LogP contribution in [0.3, 0.4) is 0 Å². The van der Waals surface area contributed by atoms with Gasteiger partial charge in [-0.25, -0.2) is 4.79 Å². The maximum Gasteiger partial charge on any atom is 1.00 e. The van der Waals surface area contributed by atoms with Gasteiger partial charge in [0.1, 0.15) is 11.3 Å². The third-order valence-electron chi connectivity index (χ3n) is 3.84. The molecule has 2 rings (SSSR count). The number of esters is 1. The first kappa shape index (κ1) is 19.9. The van der Waals surface area contributed by atoms with Crippen LogP contribution in [0.5, 0.6) is 5.75 Å². The molecule has 1 aliphatic rings. The van der Waals surface area contributed by atoms with Crippen LogP contribution in [0.2, 0.25) is 5.02 Å². The van der Waals surface area contributed by atoms with Crippen LogP contribution in [0.1, 0.15) is 37.5 Å². The van der Waals surface area contributed by atoms with E-state index in [0.717, 1.165) is 26.1 Å². The summed E-state index contributed by atoms with van der Waals surface area (Å²) < 4.78 is 10.5. The first-order valence-electron chi connectivity index (χ1n) is 7.64. The Labute approximate surface area is 150 Å². The molecule has 0 radical (unpaired) electrons. The van der Waals surface area contributed by atoms with Gasteiger partial charge in [-0.15, -0.1) is 0 Å². The Balaban J connectivity index is 0.00000264. The highest BCUT2D eigenvalue weighted by Crippen LogP contribution is 2.29. The Morgan fingerprint density at radius 1 is 1.35 bits per heavy atom. The van der Waals surface area contributed by atoms with Crippen LogP contribution >= 0.6 is 11.6 Å². The van der Waals surface area contributed by atoms with Crippen LogP contribution in [0.4, 0.5) is 5.69 Å². The number of halogens is 2. The van der Waals surface area contributed by atoms with Crippen LogP contribution < -0.4 is 22.9 Å². The zero-order chi connectivity index (χ0) is 15.9. The van der Waals surface area contributed by atoms with E-state index in [9.17, 15) is 4.79 Å². The lowest BCUT2D eigenvalue weighted by Crippen LogP contribution is -3.00. The summed E-state index contributed by atoms with van der Waals surface area (Å²) in [5.41, 5.74) is 6.38. The number of hydrogen-bond donors (Lipinski definition) is 1. The number of piperidine rings is 1. The van der Waals surface area contributed by atoms with Crippen molar-refractivity contribution in [2.24, 2.45) is 0 Å².